The summed E-state index contributed by atoms with van der Waals surface area (Å²) in [4.78, 5) is 20.1. The number of sulfone groups is 1. The Morgan fingerprint density at radius 2 is 1.81 bits per heavy atom. The highest BCUT2D eigenvalue weighted by Crippen LogP contribution is 2.18. The summed E-state index contributed by atoms with van der Waals surface area (Å²) >= 11 is 0. The Kier molecular flexibility index (Phi) is 5.18. The number of carbonyl (C=O) groups excluding carboxylic acids is 1. The molecule has 0 fully saturated rings. The van der Waals surface area contributed by atoms with Crippen LogP contribution in [0.3, 0.4) is 0 Å². The van der Waals surface area contributed by atoms with Gasteiger partial charge >= 0.3 is 0 Å². The van der Waals surface area contributed by atoms with E-state index >= 15 is 0 Å². The van der Waals surface area contributed by atoms with Crippen LogP contribution in [0.5, 0.6) is 0 Å². The highest BCUT2D eigenvalue weighted by atomic mass is 32.2. The molecule has 1 atom stereocenters. The average molecular weight is 369 g/mol. The Morgan fingerprint density at radius 3 is 2.38 bits per heavy atom. The number of carbonyl (C=O) groups is 1. The first-order valence-electron chi connectivity index (χ1n) is 8.07. The molecule has 7 heteroatoms. The summed E-state index contributed by atoms with van der Waals surface area (Å²) in [6.07, 6.45) is 5.06. The predicted molar refractivity (Wildman–Crippen MR) is 98.5 cm³/mol. The lowest BCUT2D eigenvalue weighted by Crippen LogP contribution is -2.30. The van der Waals surface area contributed by atoms with Crippen molar-refractivity contribution in [3.05, 3.63) is 83.9 Å². The molecule has 0 aliphatic rings. The average Bonchev–Trinajstić information content (AvgIpc) is 3.14. The van der Waals surface area contributed by atoms with Crippen molar-refractivity contribution < 1.29 is 13.2 Å². The zero-order valence-electron chi connectivity index (χ0n) is 14.2. The van der Waals surface area contributed by atoms with Gasteiger partial charge in [-0.05, 0) is 29.8 Å². The highest BCUT2D eigenvalue weighted by molar-refractivity contribution is 7.90. The summed E-state index contributed by atoms with van der Waals surface area (Å²) in [5.41, 5.74) is 1.36. The number of aromatic nitrogens is 2. The molecule has 134 valence electrons. The molecule has 0 radical (unpaired) electrons. The second-order valence-corrected chi connectivity index (χ2v) is 7.99. The summed E-state index contributed by atoms with van der Waals surface area (Å²) < 4.78 is 23.1. The largest absolute Gasteiger partial charge is 0.349 e. The first kappa shape index (κ1) is 17.9. The van der Waals surface area contributed by atoms with Crippen LogP contribution in [0, 0.1) is 0 Å². The van der Waals surface area contributed by atoms with E-state index in [0.717, 1.165) is 17.6 Å². The van der Waals surface area contributed by atoms with Gasteiger partial charge < -0.3 is 10.3 Å². The molecule has 0 saturated carbocycles. The molecule has 1 aromatic heterocycles. The monoisotopic (exact) mass is 369 g/mol. The number of nitrogens with zero attached hydrogens (tertiary/aromatic N) is 1. The number of aromatic amines is 1. The van der Waals surface area contributed by atoms with Crippen molar-refractivity contribution in [3.63, 3.8) is 0 Å². The fraction of sp³-hybridized carbons (Fsp3) is 0.158. The van der Waals surface area contributed by atoms with Gasteiger partial charge in [0, 0.05) is 30.6 Å². The Hall–Kier alpha value is -2.93. The maximum atomic E-state index is 12.6. The number of hydrogen-bond acceptors (Lipinski definition) is 4. The SMILES string of the molecule is CS(=O)(=O)c1ccc(C(=O)N[C@H](Cc2ncc[nH]2)c2ccccc2)cc1. The first-order chi connectivity index (χ1) is 12.4. The van der Waals surface area contributed by atoms with Gasteiger partial charge in [0.1, 0.15) is 5.82 Å². The standard InChI is InChI=1S/C19H19N3O3S/c1-26(24,25)16-9-7-15(8-10-16)19(23)22-17(13-18-20-11-12-21-18)14-5-3-2-4-6-14/h2-12,17H,13H2,1H3,(H,20,21)(H,22,23)/t17-/m1/s1. The van der Waals surface area contributed by atoms with Crippen molar-refractivity contribution in [2.24, 2.45) is 0 Å². The Balaban J connectivity index is 1.81. The fourth-order valence-electron chi connectivity index (χ4n) is 2.64. The van der Waals surface area contributed by atoms with E-state index in [2.05, 4.69) is 15.3 Å². The quantitative estimate of drug-likeness (QED) is 0.698. The van der Waals surface area contributed by atoms with Crippen LogP contribution in [0.1, 0.15) is 27.8 Å². The maximum Gasteiger partial charge on any atom is 0.251 e. The van der Waals surface area contributed by atoms with Crippen molar-refractivity contribution >= 4 is 15.7 Å². The number of rotatable bonds is 6. The molecule has 0 spiro atoms. The molecule has 1 heterocycles. The third-order valence-electron chi connectivity index (χ3n) is 4.00. The highest BCUT2D eigenvalue weighted by Gasteiger charge is 2.18. The topological polar surface area (TPSA) is 91.9 Å². The second kappa shape index (κ2) is 7.53. The molecular weight excluding hydrogens is 350 g/mol. The van der Waals surface area contributed by atoms with Crippen molar-refractivity contribution in [2.75, 3.05) is 6.26 Å². The van der Waals surface area contributed by atoms with Crippen LogP contribution in [0.25, 0.3) is 0 Å². The molecule has 3 rings (SSSR count). The summed E-state index contributed by atoms with van der Waals surface area (Å²) in [5, 5.41) is 3.00. The van der Waals surface area contributed by atoms with Gasteiger partial charge in [-0.2, -0.15) is 0 Å². The normalized spacial score (nSPS) is 12.5. The molecule has 26 heavy (non-hydrogen) atoms. The summed E-state index contributed by atoms with van der Waals surface area (Å²) in [6.45, 7) is 0. The molecule has 1 amide bonds. The summed E-state index contributed by atoms with van der Waals surface area (Å²) in [5.74, 6) is 0.497. The number of imidazole rings is 1. The lowest BCUT2D eigenvalue weighted by molar-refractivity contribution is 0.0936. The fourth-order valence-corrected chi connectivity index (χ4v) is 3.27. The van der Waals surface area contributed by atoms with Crippen molar-refractivity contribution in [3.8, 4) is 0 Å². The van der Waals surface area contributed by atoms with Gasteiger partial charge in [-0.1, -0.05) is 30.3 Å². The number of amides is 1. The Labute approximate surface area is 152 Å². The minimum atomic E-state index is -3.29. The molecule has 0 saturated heterocycles. The van der Waals surface area contributed by atoms with Crippen LogP contribution in [-0.4, -0.2) is 30.5 Å². The van der Waals surface area contributed by atoms with E-state index in [-0.39, 0.29) is 16.8 Å². The van der Waals surface area contributed by atoms with E-state index < -0.39 is 9.84 Å². The third kappa shape index (κ3) is 4.37. The van der Waals surface area contributed by atoms with E-state index in [1.54, 1.807) is 12.4 Å². The van der Waals surface area contributed by atoms with Crippen molar-refractivity contribution in [1.82, 2.24) is 15.3 Å². The number of nitrogens with one attached hydrogen (secondary N) is 2. The molecule has 0 aliphatic heterocycles. The van der Waals surface area contributed by atoms with Gasteiger partial charge in [-0.15, -0.1) is 0 Å². The molecule has 0 unspecified atom stereocenters. The van der Waals surface area contributed by atoms with Crippen LogP contribution in [0.2, 0.25) is 0 Å². The Morgan fingerprint density at radius 1 is 1.12 bits per heavy atom. The van der Waals surface area contributed by atoms with E-state index in [1.165, 1.54) is 24.3 Å². The molecule has 2 aromatic carbocycles. The van der Waals surface area contributed by atoms with Gasteiger partial charge in [0.05, 0.1) is 10.9 Å². The van der Waals surface area contributed by atoms with E-state index in [4.69, 9.17) is 0 Å². The van der Waals surface area contributed by atoms with Crippen molar-refractivity contribution in [2.45, 2.75) is 17.4 Å². The lowest BCUT2D eigenvalue weighted by Gasteiger charge is -2.18. The van der Waals surface area contributed by atoms with Gasteiger partial charge in [0.2, 0.25) is 0 Å². The van der Waals surface area contributed by atoms with Crippen LogP contribution >= 0.6 is 0 Å². The third-order valence-corrected chi connectivity index (χ3v) is 5.13. The van der Waals surface area contributed by atoms with Crippen LogP contribution in [0.15, 0.2) is 71.9 Å². The maximum absolute atomic E-state index is 12.6. The first-order valence-corrected chi connectivity index (χ1v) is 9.97. The zero-order chi connectivity index (χ0) is 18.6. The minimum Gasteiger partial charge on any atom is -0.349 e. The van der Waals surface area contributed by atoms with E-state index in [9.17, 15) is 13.2 Å². The van der Waals surface area contributed by atoms with Gasteiger partial charge in [-0.25, -0.2) is 13.4 Å². The predicted octanol–water partition coefficient (Wildman–Crippen LogP) is 2.53. The second-order valence-electron chi connectivity index (χ2n) is 5.97. The zero-order valence-corrected chi connectivity index (χ0v) is 15.0. The summed E-state index contributed by atoms with van der Waals surface area (Å²) in [6, 6.07) is 15.3. The molecule has 6 nitrogen and oxygen atoms in total. The smallest absolute Gasteiger partial charge is 0.251 e. The molecule has 0 aliphatic carbocycles. The molecule has 0 bridgehead atoms. The van der Waals surface area contributed by atoms with Gasteiger partial charge in [0.25, 0.3) is 5.91 Å². The Bertz CT molecular complexity index is 967. The number of hydrogen-bond donors (Lipinski definition) is 2. The number of H-pyrrole nitrogens is 1. The van der Waals surface area contributed by atoms with Gasteiger partial charge in [-0.3, -0.25) is 4.79 Å². The minimum absolute atomic E-state index is 0.184. The van der Waals surface area contributed by atoms with Crippen LogP contribution in [0.4, 0.5) is 0 Å². The van der Waals surface area contributed by atoms with Crippen LogP contribution < -0.4 is 5.32 Å². The van der Waals surface area contributed by atoms with E-state index in [0.29, 0.717) is 12.0 Å². The molecule has 3 aromatic rings. The van der Waals surface area contributed by atoms with Crippen LogP contribution in [-0.2, 0) is 16.3 Å². The van der Waals surface area contributed by atoms with E-state index in [1.807, 2.05) is 30.3 Å². The van der Waals surface area contributed by atoms with Gasteiger partial charge in [0.15, 0.2) is 9.84 Å². The number of benzene rings is 2. The van der Waals surface area contributed by atoms with Crippen molar-refractivity contribution in [1.29, 1.82) is 0 Å². The lowest BCUT2D eigenvalue weighted by atomic mass is 10.0. The molecule has 2 N–H and O–H groups in total. The molecular formula is C19H19N3O3S. The summed E-state index contributed by atoms with van der Waals surface area (Å²) in [7, 11) is -3.29.